The molecule has 32 heavy (non-hydrogen) atoms. The van der Waals surface area contributed by atoms with Gasteiger partial charge in [-0.05, 0) is 57.9 Å². The number of rotatable bonds is 14. The maximum atomic E-state index is 5.72. The van der Waals surface area contributed by atoms with E-state index in [-0.39, 0.29) is 30.1 Å². The molecule has 9 heteroatoms. The number of aromatic nitrogens is 1. The zero-order valence-electron chi connectivity index (χ0n) is 19.6. The first-order chi connectivity index (χ1) is 15.1. The summed E-state index contributed by atoms with van der Waals surface area (Å²) in [6.45, 7) is 9.51. The van der Waals surface area contributed by atoms with E-state index in [1.807, 2.05) is 45.0 Å². The first-order valence-electron chi connectivity index (χ1n) is 10.9. The lowest BCUT2D eigenvalue weighted by atomic mass is 10.3. The molecule has 2 aromatic rings. The molecule has 0 radical (unpaired) electrons. The van der Waals surface area contributed by atoms with Gasteiger partial charge in [-0.1, -0.05) is 0 Å². The summed E-state index contributed by atoms with van der Waals surface area (Å²) in [5.41, 5.74) is 2.05. The predicted octanol–water partition coefficient (Wildman–Crippen LogP) is 4.90. The largest absolute Gasteiger partial charge is 0.491 e. The van der Waals surface area contributed by atoms with Crippen molar-refractivity contribution in [3.05, 3.63) is 40.3 Å². The zero-order valence-corrected chi connectivity index (χ0v) is 22.7. The fourth-order valence-corrected chi connectivity index (χ4v) is 3.55. The molecule has 0 spiro atoms. The molecule has 2 rings (SSSR count). The maximum absolute atomic E-state index is 5.72. The Labute approximate surface area is 213 Å². The van der Waals surface area contributed by atoms with Crippen LogP contribution in [0.15, 0.2) is 34.6 Å². The van der Waals surface area contributed by atoms with E-state index < -0.39 is 0 Å². The second-order valence-corrected chi connectivity index (χ2v) is 8.36. The van der Waals surface area contributed by atoms with Crippen LogP contribution in [0.4, 0.5) is 5.69 Å². The molecule has 1 aromatic carbocycles. The van der Waals surface area contributed by atoms with Gasteiger partial charge in [0.2, 0.25) is 0 Å². The first-order valence-corrected chi connectivity index (χ1v) is 11.7. The van der Waals surface area contributed by atoms with Crippen LogP contribution in [-0.2, 0) is 15.9 Å². The number of aliphatic imine (C=N–C) groups is 1. The number of hydrogen-bond acceptors (Lipinski definition) is 6. The number of halogens is 1. The van der Waals surface area contributed by atoms with Crippen molar-refractivity contribution in [1.29, 1.82) is 0 Å². The van der Waals surface area contributed by atoms with Crippen LogP contribution in [-0.4, -0.2) is 57.1 Å². The average molecular weight is 577 g/mol. The Hall–Kier alpha value is -1.43. The molecule has 0 bridgehead atoms. The lowest BCUT2D eigenvalue weighted by molar-refractivity contribution is 0.0699. The lowest BCUT2D eigenvalue weighted by Crippen LogP contribution is -2.32. The van der Waals surface area contributed by atoms with Crippen LogP contribution in [0.5, 0.6) is 5.75 Å². The van der Waals surface area contributed by atoms with Gasteiger partial charge in [-0.25, -0.2) is 4.98 Å². The molecule has 1 aromatic heterocycles. The number of benzene rings is 1. The zero-order chi connectivity index (χ0) is 22.3. The number of anilines is 1. The second-order valence-electron chi connectivity index (χ2n) is 7.42. The number of aryl methyl sites for hydroxylation is 2. The molecule has 0 saturated heterocycles. The molecule has 0 amide bonds. The van der Waals surface area contributed by atoms with E-state index in [0.29, 0.717) is 19.8 Å². The molecule has 0 saturated carbocycles. The Morgan fingerprint density at radius 3 is 2.56 bits per heavy atom. The lowest BCUT2D eigenvalue weighted by Gasteiger charge is -2.14. The summed E-state index contributed by atoms with van der Waals surface area (Å²) in [7, 11) is 1.68. The van der Waals surface area contributed by atoms with E-state index in [2.05, 4.69) is 21.0 Å². The van der Waals surface area contributed by atoms with Gasteiger partial charge in [0.1, 0.15) is 5.75 Å². The van der Waals surface area contributed by atoms with Gasteiger partial charge in [0.15, 0.2) is 5.96 Å². The molecule has 2 N–H and O–H groups in total. The molecule has 0 unspecified atom stereocenters. The van der Waals surface area contributed by atoms with Crippen LogP contribution in [0.1, 0.15) is 37.4 Å². The minimum Gasteiger partial charge on any atom is -0.491 e. The van der Waals surface area contributed by atoms with Gasteiger partial charge in [-0.15, -0.1) is 35.3 Å². The molecular formula is C23H37IN4O3S. The summed E-state index contributed by atoms with van der Waals surface area (Å²) in [5, 5.41) is 10.0. The third-order valence-electron chi connectivity index (χ3n) is 4.16. The summed E-state index contributed by atoms with van der Waals surface area (Å²) in [4.78, 5) is 9.26. The Morgan fingerprint density at radius 2 is 1.91 bits per heavy atom. The Morgan fingerprint density at radius 1 is 1.12 bits per heavy atom. The van der Waals surface area contributed by atoms with Crippen molar-refractivity contribution in [2.24, 2.45) is 4.99 Å². The van der Waals surface area contributed by atoms with Crippen molar-refractivity contribution in [1.82, 2.24) is 10.3 Å². The van der Waals surface area contributed by atoms with Crippen molar-refractivity contribution < 1.29 is 14.2 Å². The minimum absolute atomic E-state index is 0. The third kappa shape index (κ3) is 12.6. The molecule has 0 atom stereocenters. The summed E-state index contributed by atoms with van der Waals surface area (Å²) in [6.07, 6.45) is 2.96. The minimum atomic E-state index is 0. The van der Waals surface area contributed by atoms with Crippen LogP contribution in [0, 0.1) is 6.92 Å². The predicted molar refractivity (Wildman–Crippen MR) is 144 cm³/mol. The fraction of sp³-hybridized carbons (Fsp3) is 0.565. The summed E-state index contributed by atoms with van der Waals surface area (Å²) in [5.74, 6) is 1.63. The molecule has 0 aliphatic rings. The average Bonchev–Trinajstić information content (AvgIpc) is 3.16. The number of ether oxygens (including phenoxy) is 3. The monoisotopic (exact) mass is 576 g/mol. The van der Waals surface area contributed by atoms with Crippen LogP contribution < -0.4 is 15.4 Å². The highest BCUT2D eigenvalue weighted by molar-refractivity contribution is 14.0. The Balaban J connectivity index is 0.00000512. The van der Waals surface area contributed by atoms with Gasteiger partial charge in [-0.2, -0.15) is 0 Å². The number of nitrogens with zero attached hydrogens (tertiary/aromatic N) is 2. The SMILES string of the molecule is COCCOCCCNC(=NCCCc1nc(C)cs1)Nc1ccc(OC(C)C)cc1.I. The molecule has 0 fully saturated rings. The number of methoxy groups -OCH3 is 1. The Bertz CT molecular complexity index is 769. The summed E-state index contributed by atoms with van der Waals surface area (Å²) in [6, 6.07) is 7.94. The van der Waals surface area contributed by atoms with Gasteiger partial charge >= 0.3 is 0 Å². The van der Waals surface area contributed by atoms with Crippen molar-refractivity contribution in [2.75, 3.05) is 45.3 Å². The number of thiazole rings is 1. The molecule has 7 nitrogen and oxygen atoms in total. The first kappa shape index (κ1) is 28.6. The highest BCUT2D eigenvalue weighted by Gasteiger charge is 2.03. The third-order valence-corrected chi connectivity index (χ3v) is 5.19. The Kier molecular flexibility index (Phi) is 15.3. The highest BCUT2D eigenvalue weighted by atomic mass is 127. The standard InChI is InChI=1S/C23H36N4O3S.HI/c1-18(2)30-21-10-8-20(9-11-21)27-23(25-13-6-14-29-16-15-28-4)24-12-5-7-22-26-19(3)17-31-22;/h8-11,17-18H,5-7,12-16H2,1-4H3,(H2,24,25,27);1H. The summed E-state index contributed by atoms with van der Waals surface area (Å²) >= 11 is 1.72. The van der Waals surface area contributed by atoms with E-state index in [0.717, 1.165) is 55.4 Å². The fourth-order valence-electron chi connectivity index (χ4n) is 2.73. The van der Waals surface area contributed by atoms with E-state index in [1.165, 1.54) is 5.01 Å². The van der Waals surface area contributed by atoms with Crippen LogP contribution >= 0.6 is 35.3 Å². The number of guanidine groups is 1. The topological polar surface area (TPSA) is 77.0 Å². The van der Waals surface area contributed by atoms with E-state index in [4.69, 9.17) is 19.2 Å². The van der Waals surface area contributed by atoms with E-state index in [1.54, 1.807) is 18.4 Å². The van der Waals surface area contributed by atoms with Crippen LogP contribution in [0.2, 0.25) is 0 Å². The summed E-state index contributed by atoms with van der Waals surface area (Å²) < 4.78 is 16.2. The van der Waals surface area contributed by atoms with Gasteiger partial charge < -0.3 is 24.8 Å². The maximum Gasteiger partial charge on any atom is 0.195 e. The van der Waals surface area contributed by atoms with Crippen molar-refractivity contribution in [3.63, 3.8) is 0 Å². The van der Waals surface area contributed by atoms with E-state index in [9.17, 15) is 0 Å². The smallest absolute Gasteiger partial charge is 0.195 e. The highest BCUT2D eigenvalue weighted by Crippen LogP contribution is 2.17. The molecule has 0 aliphatic heterocycles. The quantitative estimate of drug-likeness (QED) is 0.144. The van der Waals surface area contributed by atoms with Crippen LogP contribution in [0.3, 0.4) is 0 Å². The van der Waals surface area contributed by atoms with Gasteiger partial charge in [-0.3, -0.25) is 4.99 Å². The van der Waals surface area contributed by atoms with Crippen molar-refractivity contribution >= 4 is 47.0 Å². The van der Waals surface area contributed by atoms with Gasteiger partial charge in [0.25, 0.3) is 0 Å². The molecule has 1 heterocycles. The molecule has 180 valence electrons. The van der Waals surface area contributed by atoms with Crippen LogP contribution in [0.25, 0.3) is 0 Å². The van der Waals surface area contributed by atoms with Crippen molar-refractivity contribution in [3.8, 4) is 5.75 Å². The van der Waals surface area contributed by atoms with Gasteiger partial charge in [0, 0.05) is 50.0 Å². The van der Waals surface area contributed by atoms with Gasteiger partial charge in [0.05, 0.1) is 24.3 Å². The molecule has 0 aliphatic carbocycles. The number of hydrogen-bond donors (Lipinski definition) is 2. The second kappa shape index (κ2) is 17.1. The number of nitrogens with one attached hydrogen (secondary N) is 2. The van der Waals surface area contributed by atoms with E-state index >= 15 is 0 Å². The van der Waals surface area contributed by atoms with Crippen molar-refractivity contribution in [2.45, 2.75) is 46.1 Å². The molecular weight excluding hydrogens is 539 g/mol. The normalized spacial score (nSPS) is 11.3.